The van der Waals surface area contributed by atoms with Crippen LogP contribution < -0.4 is 15.4 Å². The number of benzene rings is 3. The third-order valence-corrected chi connectivity index (χ3v) is 4.78. The van der Waals surface area contributed by atoms with E-state index in [1.54, 1.807) is 31.2 Å². The fraction of sp³-hybridized carbons (Fsp3) is 0.200. The molecule has 0 aromatic heterocycles. The minimum absolute atomic E-state index is 0.161. The molecule has 0 aliphatic heterocycles. The number of para-hydroxylation sites is 1. The first-order valence-corrected chi connectivity index (χ1v) is 9.93. The van der Waals surface area contributed by atoms with E-state index in [1.807, 2.05) is 68.4 Å². The summed E-state index contributed by atoms with van der Waals surface area (Å²) in [6.45, 7) is 5.59. The molecular formula is C25H26N2O3. The fourth-order valence-electron chi connectivity index (χ4n) is 3.00. The quantitative estimate of drug-likeness (QED) is 0.591. The Bertz CT molecular complexity index is 1000. The first-order chi connectivity index (χ1) is 14.4. The number of carbonyl (C=O) groups excluding carboxylic acids is 2. The normalized spacial score (nSPS) is 12.5. The molecule has 0 unspecified atom stereocenters. The highest BCUT2D eigenvalue weighted by Crippen LogP contribution is 2.19. The zero-order valence-corrected chi connectivity index (χ0v) is 17.4. The number of rotatable bonds is 7. The van der Waals surface area contributed by atoms with Crippen LogP contribution in [0.5, 0.6) is 5.75 Å². The largest absolute Gasteiger partial charge is 0.481 e. The fourth-order valence-corrected chi connectivity index (χ4v) is 3.00. The van der Waals surface area contributed by atoms with E-state index < -0.39 is 6.10 Å². The average Bonchev–Trinajstić information content (AvgIpc) is 2.76. The maximum atomic E-state index is 12.8. The summed E-state index contributed by atoms with van der Waals surface area (Å²) in [5.74, 6) is 0.0345. The number of amides is 2. The van der Waals surface area contributed by atoms with Crippen LogP contribution in [0.4, 0.5) is 5.69 Å². The van der Waals surface area contributed by atoms with Gasteiger partial charge in [0.05, 0.1) is 17.3 Å². The Morgan fingerprint density at radius 1 is 0.833 bits per heavy atom. The second-order valence-corrected chi connectivity index (χ2v) is 7.21. The highest BCUT2D eigenvalue weighted by atomic mass is 16.5. The molecule has 30 heavy (non-hydrogen) atoms. The van der Waals surface area contributed by atoms with Gasteiger partial charge in [-0.05, 0) is 50.6 Å². The van der Waals surface area contributed by atoms with Crippen molar-refractivity contribution in [2.75, 3.05) is 5.32 Å². The molecule has 154 valence electrons. The van der Waals surface area contributed by atoms with Crippen LogP contribution in [0, 0.1) is 6.92 Å². The zero-order chi connectivity index (χ0) is 21.5. The van der Waals surface area contributed by atoms with Gasteiger partial charge in [0.2, 0.25) is 0 Å². The number of hydrogen-bond donors (Lipinski definition) is 2. The lowest BCUT2D eigenvalue weighted by Crippen LogP contribution is -2.32. The molecule has 0 aliphatic carbocycles. The van der Waals surface area contributed by atoms with Gasteiger partial charge < -0.3 is 15.4 Å². The molecule has 2 atom stereocenters. The molecule has 0 bridgehead atoms. The van der Waals surface area contributed by atoms with Crippen LogP contribution >= 0.6 is 0 Å². The first kappa shape index (κ1) is 21.1. The number of nitrogens with one attached hydrogen (secondary N) is 2. The van der Waals surface area contributed by atoms with Gasteiger partial charge in [0.25, 0.3) is 11.8 Å². The monoisotopic (exact) mass is 402 g/mol. The van der Waals surface area contributed by atoms with Crippen molar-refractivity contribution in [1.29, 1.82) is 0 Å². The summed E-state index contributed by atoms with van der Waals surface area (Å²) >= 11 is 0. The lowest BCUT2D eigenvalue weighted by atomic mass is 10.1. The number of aryl methyl sites for hydroxylation is 1. The van der Waals surface area contributed by atoms with E-state index in [0.717, 1.165) is 11.1 Å². The molecule has 0 aliphatic rings. The molecule has 0 radical (unpaired) electrons. The van der Waals surface area contributed by atoms with Gasteiger partial charge >= 0.3 is 0 Å². The molecule has 0 saturated heterocycles. The van der Waals surface area contributed by atoms with E-state index in [-0.39, 0.29) is 17.9 Å². The molecule has 3 rings (SSSR count). The van der Waals surface area contributed by atoms with Crippen LogP contribution in [-0.2, 0) is 4.79 Å². The Kier molecular flexibility index (Phi) is 6.86. The summed E-state index contributed by atoms with van der Waals surface area (Å²) in [6.07, 6.45) is -0.716. The maximum absolute atomic E-state index is 12.8. The second kappa shape index (κ2) is 9.74. The Morgan fingerprint density at radius 2 is 1.47 bits per heavy atom. The van der Waals surface area contributed by atoms with Crippen molar-refractivity contribution in [1.82, 2.24) is 5.32 Å². The zero-order valence-electron chi connectivity index (χ0n) is 17.4. The third-order valence-electron chi connectivity index (χ3n) is 4.78. The van der Waals surface area contributed by atoms with Gasteiger partial charge in [0.15, 0.2) is 6.10 Å². The van der Waals surface area contributed by atoms with Crippen LogP contribution in [0.25, 0.3) is 0 Å². The molecule has 3 aromatic carbocycles. The van der Waals surface area contributed by atoms with Crippen molar-refractivity contribution >= 4 is 17.5 Å². The van der Waals surface area contributed by atoms with Crippen molar-refractivity contribution in [2.24, 2.45) is 0 Å². The van der Waals surface area contributed by atoms with Gasteiger partial charge in [0, 0.05) is 0 Å². The van der Waals surface area contributed by atoms with Gasteiger partial charge in [-0.15, -0.1) is 0 Å². The summed E-state index contributed by atoms with van der Waals surface area (Å²) in [5.41, 5.74) is 2.97. The Morgan fingerprint density at radius 3 is 2.17 bits per heavy atom. The van der Waals surface area contributed by atoms with E-state index in [9.17, 15) is 9.59 Å². The standard InChI is InChI=1S/C25H26N2O3/c1-17-13-15-21(16-14-17)30-19(3)24(28)27-23-12-8-7-11-22(23)25(29)26-18(2)20-9-5-4-6-10-20/h4-16,18-19H,1-3H3,(H,26,29)(H,27,28)/t18-,19+/m1/s1. The number of anilines is 1. The van der Waals surface area contributed by atoms with Crippen LogP contribution in [0.2, 0.25) is 0 Å². The van der Waals surface area contributed by atoms with Crippen molar-refractivity contribution in [3.05, 3.63) is 95.6 Å². The molecule has 0 saturated carbocycles. The Hall–Kier alpha value is -3.60. The predicted molar refractivity (Wildman–Crippen MR) is 119 cm³/mol. The second-order valence-electron chi connectivity index (χ2n) is 7.21. The number of carbonyl (C=O) groups is 2. The van der Waals surface area contributed by atoms with Crippen LogP contribution in [0.3, 0.4) is 0 Å². The van der Waals surface area contributed by atoms with Crippen molar-refractivity contribution in [3.63, 3.8) is 0 Å². The molecule has 5 nitrogen and oxygen atoms in total. The van der Waals surface area contributed by atoms with Crippen LogP contribution in [0.15, 0.2) is 78.9 Å². The van der Waals surface area contributed by atoms with Gasteiger partial charge in [-0.25, -0.2) is 0 Å². The highest BCUT2D eigenvalue weighted by Gasteiger charge is 2.19. The SMILES string of the molecule is Cc1ccc(O[C@@H](C)C(=O)Nc2ccccc2C(=O)N[C@H](C)c2ccccc2)cc1. The van der Waals surface area contributed by atoms with Crippen molar-refractivity contribution in [3.8, 4) is 5.75 Å². The first-order valence-electron chi connectivity index (χ1n) is 9.93. The van der Waals surface area contributed by atoms with E-state index in [1.165, 1.54) is 0 Å². The van der Waals surface area contributed by atoms with Crippen LogP contribution in [0.1, 0.15) is 41.4 Å². The van der Waals surface area contributed by atoms with Gasteiger partial charge in [-0.1, -0.05) is 60.2 Å². The van der Waals surface area contributed by atoms with Crippen molar-refractivity contribution < 1.29 is 14.3 Å². The topological polar surface area (TPSA) is 67.4 Å². The summed E-state index contributed by atoms with van der Waals surface area (Å²) in [5, 5.41) is 5.79. The van der Waals surface area contributed by atoms with E-state index in [4.69, 9.17) is 4.74 Å². The van der Waals surface area contributed by atoms with E-state index in [2.05, 4.69) is 10.6 Å². The summed E-state index contributed by atoms with van der Waals surface area (Å²) < 4.78 is 5.71. The summed E-state index contributed by atoms with van der Waals surface area (Å²) in [4.78, 5) is 25.5. The third kappa shape index (κ3) is 5.47. The summed E-state index contributed by atoms with van der Waals surface area (Å²) in [6, 6.07) is 24.0. The highest BCUT2D eigenvalue weighted by molar-refractivity contribution is 6.04. The molecular weight excluding hydrogens is 376 g/mol. The maximum Gasteiger partial charge on any atom is 0.265 e. The number of hydrogen-bond acceptors (Lipinski definition) is 3. The minimum atomic E-state index is -0.716. The van der Waals surface area contributed by atoms with Crippen molar-refractivity contribution in [2.45, 2.75) is 32.9 Å². The van der Waals surface area contributed by atoms with Crippen LogP contribution in [-0.4, -0.2) is 17.9 Å². The molecule has 2 amide bonds. The predicted octanol–water partition coefficient (Wildman–Crippen LogP) is 4.89. The molecule has 0 heterocycles. The average molecular weight is 402 g/mol. The molecule has 3 aromatic rings. The molecule has 5 heteroatoms. The van der Waals surface area contributed by atoms with Gasteiger partial charge in [-0.3, -0.25) is 9.59 Å². The lowest BCUT2D eigenvalue weighted by molar-refractivity contribution is -0.122. The Balaban J connectivity index is 1.67. The minimum Gasteiger partial charge on any atom is -0.481 e. The lowest BCUT2D eigenvalue weighted by Gasteiger charge is -2.18. The smallest absolute Gasteiger partial charge is 0.265 e. The van der Waals surface area contributed by atoms with Gasteiger partial charge in [0.1, 0.15) is 5.75 Å². The molecule has 0 spiro atoms. The molecule has 2 N–H and O–H groups in total. The number of ether oxygens (including phenoxy) is 1. The summed E-state index contributed by atoms with van der Waals surface area (Å²) in [7, 11) is 0. The van der Waals surface area contributed by atoms with E-state index in [0.29, 0.717) is 17.0 Å². The Labute approximate surface area is 177 Å². The molecule has 0 fully saturated rings. The van der Waals surface area contributed by atoms with Gasteiger partial charge in [-0.2, -0.15) is 0 Å². The van der Waals surface area contributed by atoms with E-state index >= 15 is 0 Å².